The fourth-order valence-electron chi connectivity index (χ4n) is 2.68. The molecular weight excluding hydrogens is 316 g/mol. The molecule has 1 aromatic heterocycles. The van der Waals surface area contributed by atoms with E-state index in [0.29, 0.717) is 24.6 Å². The molecule has 6 nitrogen and oxygen atoms in total. The number of rotatable bonds is 3. The first-order valence-electron chi connectivity index (χ1n) is 7.58. The van der Waals surface area contributed by atoms with Crippen LogP contribution in [-0.2, 0) is 10.0 Å². The van der Waals surface area contributed by atoms with Gasteiger partial charge in [-0.15, -0.1) is 0 Å². The lowest BCUT2D eigenvalue weighted by atomic mass is 9.98. The van der Waals surface area contributed by atoms with Gasteiger partial charge in [0.05, 0.1) is 11.0 Å². The second-order valence-corrected chi connectivity index (χ2v) is 7.91. The summed E-state index contributed by atoms with van der Waals surface area (Å²) in [6.07, 6.45) is 1.59. The standard InChI is InChI=1S/C16H20N2O4S/c1-11-7-8-18(9-16(11)19)23(20,21)14-5-3-13(4-6-14)15-10-22-12(2)17-15/h3-6,10-11,16,19H,7-9H2,1-2H3. The summed E-state index contributed by atoms with van der Waals surface area (Å²) in [4.78, 5) is 4.45. The summed E-state index contributed by atoms with van der Waals surface area (Å²) >= 11 is 0. The minimum atomic E-state index is -3.58. The number of piperidine rings is 1. The number of oxazole rings is 1. The molecule has 7 heteroatoms. The third kappa shape index (κ3) is 3.17. The van der Waals surface area contributed by atoms with Crippen LogP contribution in [0.4, 0.5) is 0 Å². The van der Waals surface area contributed by atoms with E-state index in [9.17, 15) is 13.5 Å². The molecule has 3 rings (SSSR count). The predicted molar refractivity (Wildman–Crippen MR) is 85.2 cm³/mol. The van der Waals surface area contributed by atoms with Crippen LogP contribution in [0.2, 0.25) is 0 Å². The van der Waals surface area contributed by atoms with Crippen LogP contribution in [-0.4, -0.2) is 42.0 Å². The molecule has 1 aliphatic rings. The normalized spacial score (nSPS) is 23.1. The summed E-state index contributed by atoms with van der Waals surface area (Å²) < 4.78 is 31.9. The average Bonchev–Trinajstić information content (AvgIpc) is 2.96. The Balaban J connectivity index is 1.83. The van der Waals surface area contributed by atoms with Crippen molar-refractivity contribution in [2.45, 2.75) is 31.3 Å². The van der Waals surface area contributed by atoms with Crippen LogP contribution < -0.4 is 0 Å². The Labute approximate surface area is 135 Å². The summed E-state index contributed by atoms with van der Waals surface area (Å²) in [5.74, 6) is 0.687. The second-order valence-electron chi connectivity index (χ2n) is 5.97. The van der Waals surface area contributed by atoms with Crippen molar-refractivity contribution in [3.8, 4) is 11.3 Å². The van der Waals surface area contributed by atoms with E-state index in [-0.39, 0.29) is 17.4 Å². The van der Waals surface area contributed by atoms with Gasteiger partial charge in [-0.25, -0.2) is 13.4 Å². The molecule has 0 spiro atoms. The molecule has 124 valence electrons. The molecule has 2 heterocycles. The number of aromatic nitrogens is 1. The van der Waals surface area contributed by atoms with E-state index in [1.807, 2.05) is 6.92 Å². The zero-order valence-corrected chi connectivity index (χ0v) is 14.0. The van der Waals surface area contributed by atoms with E-state index in [1.54, 1.807) is 37.5 Å². The van der Waals surface area contributed by atoms with E-state index in [2.05, 4.69) is 4.98 Å². The Morgan fingerprint density at radius 1 is 1.30 bits per heavy atom. The van der Waals surface area contributed by atoms with Crippen molar-refractivity contribution >= 4 is 10.0 Å². The minimum Gasteiger partial charge on any atom is -0.449 e. The number of nitrogens with zero attached hydrogens (tertiary/aromatic N) is 2. The van der Waals surface area contributed by atoms with Gasteiger partial charge in [0.1, 0.15) is 12.0 Å². The van der Waals surface area contributed by atoms with Crippen molar-refractivity contribution in [3.63, 3.8) is 0 Å². The van der Waals surface area contributed by atoms with Gasteiger partial charge < -0.3 is 9.52 Å². The third-order valence-electron chi connectivity index (χ3n) is 4.29. The first kappa shape index (κ1) is 16.2. The molecule has 1 saturated heterocycles. The van der Waals surface area contributed by atoms with Crippen molar-refractivity contribution < 1.29 is 17.9 Å². The van der Waals surface area contributed by atoms with E-state index in [1.165, 1.54) is 4.31 Å². The van der Waals surface area contributed by atoms with Crippen molar-refractivity contribution in [2.24, 2.45) is 5.92 Å². The first-order chi connectivity index (χ1) is 10.9. The van der Waals surface area contributed by atoms with Gasteiger partial charge in [-0.1, -0.05) is 19.1 Å². The van der Waals surface area contributed by atoms with Crippen LogP contribution in [0.15, 0.2) is 39.8 Å². The quantitative estimate of drug-likeness (QED) is 0.927. The SMILES string of the molecule is Cc1nc(-c2ccc(S(=O)(=O)N3CCC(C)C(O)C3)cc2)co1. The number of hydrogen-bond acceptors (Lipinski definition) is 5. The monoisotopic (exact) mass is 336 g/mol. The van der Waals surface area contributed by atoms with Gasteiger partial charge in [0.15, 0.2) is 5.89 Å². The van der Waals surface area contributed by atoms with Gasteiger partial charge in [-0.05, 0) is 24.5 Å². The van der Waals surface area contributed by atoms with E-state index in [0.717, 1.165) is 5.56 Å². The van der Waals surface area contributed by atoms with Gasteiger partial charge in [0.25, 0.3) is 0 Å². The molecule has 1 aromatic carbocycles. The van der Waals surface area contributed by atoms with Gasteiger partial charge in [-0.3, -0.25) is 0 Å². The van der Waals surface area contributed by atoms with Crippen LogP contribution in [0, 0.1) is 12.8 Å². The van der Waals surface area contributed by atoms with E-state index >= 15 is 0 Å². The molecule has 0 radical (unpaired) electrons. The largest absolute Gasteiger partial charge is 0.449 e. The topological polar surface area (TPSA) is 83.6 Å². The van der Waals surface area contributed by atoms with Crippen LogP contribution >= 0.6 is 0 Å². The summed E-state index contributed by atoms with van der Waals surface area (Å²) in [6.45, 7) is 4.27. The Morgan fingerprint density at radius 3 is 2.57 bits per heavy atom. The van der Waals surface area contributed by atoms with Gasteiger partial charge >= 0.3 is 0 Å². The van der Waals surface area contributed by atoms with Crippen LogP contribution in [0.5, 0.6) is 0 Å². The average molecular weight is 336 g/mol. The van der Waals surface area contributed by atoms with Gasteiger partial charge in [0.2, 0.25) is 10.0 Å². The smallest absolute Gasteiger partial charge is 0.243 e. The number of aliphatic hydroxyl groups is 1. The Morgan fingerprint density at radius 2 is 2.00 bits per heavy atom. The van der Waals surface area contributed by atoms with Crippen LogP contribution in [0.3, 0.4) is 0 Å². The van der Waals surface area contributed by atoms with Crippen LogP contribution in [0.1, 0.15) is 19.2 Å². The van der Waals surface area contributed by atoms with Crippen molar-refractivity contribution in [3.05, 3.63) is 36.4 Å². The highest BCUT2D eigenvalue weighted by Gasteiger charge is 2.32. The number of aryl methyl sites for hydroxylation is 1. The number of β-amino-alcohol motifs (C(OH)–C–C–N with tert-alkyl or cyclic N) is 1. The summed E-state index contributed by atoms with van der Waals surface area (Å²) in [5.41, 5.74) is 1.47. The summed E-state index contributed by atoms with van der Waals surface area (Å²) in [5, 5.41) is 9.93. The fraction of sp³-hybridized carbons (Fsp3) is 0.438. The lowest BCUT2D eigenvalue weighted by molar-refractivity contribution is 0.0605. The summed E-state index contributed by atoms with van der Waals surface area (Å²) in [7, 11) is -3.58. The molecule has 0 aliphatic carbocycles. The zero-order chi connectivity index (χ0) is 16.6. The first-order valence-corrected chi connectivity index (χ1v) is 9.03. The Kier molecular flexibility index (Phi) is 4.27. The highest BCUT2D eigenvalue weighted by atomic mass is 32.2. The lowest BCUT2D eigenvalue weighted by Crippen LogP contribution is -2.45. The number of hydrogen-bond donors (Lipinski definition) is 1. The highest BCUT2D eigenvalue weighted by molar-refractivity contribution is 7.89. The molecule has 2 aromatic rings. The molecule has 0 amide bonds. The Hall–Kier alpha value is -1.70. The minimum absolute atomic E-state index is 0.124. The molecule has 1 aliphatic heterocycles. The predicted octanol–water partition coefficient (Wildman–Crippen LogP) is 2.04. The summed E-state index contributed by atoms with van der Waals surface area (Å²) in [6, 6.07) is 6.57. The number of benzene rings is 1. The van der Waals surface area contributed by atoms with Crippen molar-refractivity contribution in [1.82, 2.24) is 9.29 Å². The van der Waals surface area contributed by atoms with Gasteiger partial charge in [-0.2, -0.15) is 4.31 Å². The molecule has 1 fully saturated rings. The van der Waals surface area contributed by atoms with Gasteiger partial charge in [0, 0.05) is 25.6 Å². The molecule has 23 heavy (non-hydrogen) atoms. The van der Waals surface area contributed by atoms with E-state index < -0.39 is 16.1 Å². The molecule has 0 bridgehead atoms. The maximum Gasteiger partial charge on any atom is 0.243 e. The maximum atomic E-state index is 12.7. The zero-order valence-electron chi connectivity index (χ0n) is 13.1. The molecule has 2 unspecified atom stereocenters. The van der Waals surface area contributed by atoms with E-state index in [4.69, 9.17) is 4.42 Å². The van der Waals surface area contributed by atoms with Crippen LogP contribution in [0.25, 0.3) is 11.3 Å². The lowest BCUT2D eigenvalue weighted by Gasteiger charge is -2.33. The molecule has 1 N–H and O–H groups in total. The Bertz CT molecular complexity index is 783. The maximum absolute atomic E-state index is 12.7. The fourth-order valence-corrected chi connectivity index (χ4v) is 4.15. The third-order valence-corrected chi connectivity index (χ3v) is 6.17. The molecule has 2 atom stereocenters. The molecule has 0 saturated carbocycles. The number of aliphatic hydroxyl groups excluding tert-OH is 1. The number of sulfonamides is 1. The van der Waals surface area contributed by atoms with Crippen molar-refractivity contribution in [1.29, 1.82) is 0 Å². The highest BCUT2D eigenvalue weighted by Crippen LogP contribution is 2.26. The van der Waals surface area contributed by atoms with Crippen molar-refractivity contribution in [2.75, 3.05) is 13.1 Å². The molecular formula is C16H20N2O4S. The second kappa shape index (κ2) is 6.07.